The van der Waals surface area contributed by atoms with Gasteiger partial charge in [0, 0.05) is 23.0 Å². The van der Waals surface area contributed by atoms with Crippen LogP contribution >= 0.6 is 0 Å². The van der Waals surface area contributed by atoms with E-state index in [1.165, 1.54) is 0 Å². The molecular formula is C16H22N2O2. The Hall–Kier alpha value is -1.81. The summed E-state index contributed by atoms with van der Waals surface area (Å²) in [5.41, 5.74) is 9.26. The molecule has 0 spiro atoms. The van der Waals surface area contributed by atoms with Crippen LogP contribution in [0, 0.1) is 20.8 Å². The predicted molar refractivity (Wildman–Crippen MR) is 81.0 cm³/mol. The highest BCUT2D eigenvalue weighted by Crippen LogP contribution is 2.30. The molecule has 1 aromatic heterocycles. The number of nitrogens with one attached hydrogen (secondary N) is 1. The van der Waals surface area contributed by atoms with E-state index in [0.29, 0.717) is 12.3 Å². The van der Waals surface area contributed by atoms with Gasteiger partial charge in [0.25, 0.3) is 5.91 Å². The molecule has 2 aromatic rings. The van der Waals surface area contributed by atoms with Crippen molar-refractivity contribution in [2.24, 2.45) is 5.73 Å². The third-order valence-corrected chi connectivity index (χ3v) is 3.39. The van der Waals surface area contributed by atoms with Crippen molar-refractivity contribution in [1.29, 1.82) is 0 Å². The number of nitrogens with two attached hydrogens (primary N) is 1. The van der Waals surface area contributed by atoms with Crippen LogP contribution in [0.3, 0.4) is 0 Å². The van der Waals surface area contributed by atoms with Crippen molar-refractivity contribution in [3.63, 3.8) is 0 Å². The molecule has 0 aliphatic heterocycles. The Balaban J connectivity index is 2.41. The highest BCUT2D eigenvalue weighted by molar-refractivity contribution is 6.00. The molecule has 1 aromatic carbocycles. The van der Waals surface area contributed by atoms with Gasteiger partial charge in [0.05, 0.1) is 0 Å². The molecule has 4 heteroatoms. The van der Waals surface area contributed by atoms with Gasteiger partial charge in [-0.3, -0.25) is 4.79 Å². The Morgan fingerprint density at radius 1 is 1.25 bits per heavy atom. The molecule has 1 heterocycles. The lowest BCUT2D eigenvalue weighted by atomic mass is 10.0. The largest absolute Gasteiger partial charge is 0.450 e. The van der Waals surface area contributed by atoms with E-state index in [0.717, 1.165) is 27.7 Å². The van der Waals surface area contributed by atoms with E-state index in [4.69, 9.17) is 10.2 Å². The third-order valence-electron chi connectivity index (χ3n) is 3.39. The Morgan fingerprint density at radius 3 is 2.40 bits per heavy atom. The number of fused-ring (bicyclic) bond motifs is 1. The highest BCUT2D eigenvalue weighted by Gasteiger charge is 2.21. The van der Waals surface area contributed by atoms with Crippen LogP contribution in [0.2, 0.25) is 0 Å². The van der Waals surface area contributed by atoms with Gasteiger partial charge in [-0.15, -0.1) is 0 Å². The second-order valence-electron chi connectivity index (χ2n) is 6.13. The molecule has 0 saturated heterocycles. The Morgan fingerprint density at radius 2 is 1.85 bits per heavy atom. The molecule has 4 nitrogen and oxygen atoms in total. The summed E-state index contributed by atoms with van der Waals surface area (Å²) >= 11 is 0. The quantitative estimate of drug-likeness (QED) is 0.904. The minimum absolute atomic E-state index is 0.212. The summed E-state index contributed by atoms with van der Waals surface area (Å²) in [5, 5.41) is 3.85. The van der Waals surface area contributed by atoms with E-state index in [1.807, 2.05) is 46.8 Å². The van der Waals surface area contributed by atoms with Crippen LogP contribution in [0.25, 0.3) is 11.0 Å². The van der Waals surface area contributed by atoms with Crippen molar-refractivity contribution in [3.8, 4) is 0 Å². The number of rotatable bonds is 3. The maximum atomic E-state index is 12.2. The normalized spacial score (nSPS) is 11.9. The molecule has 0 saturated carbocycles. The highest BCUT2D eigenvalue weighted by atomic mass is 16.3. The fraction of sp³-hybridized carbons (Fsp3) is 0.438. The first kappa shape index (κ1) is 14.6. The first-order chi connectivity index (χ1) is 9.20. The van der Waals surface area contributed by atoms with Gasteiger partial charge >= 0.3 is 0 Å². The van der Waals surface area contributed by atoms with Crippen molar-refractivity contribution in [2.45, 2.75) is 40.2 Å². The number of aryl methyl sites for hydroxylation is 3. The van der Waals surface area contributed by atoms with Crippen LogP contribution in [-0.2, 0) is 0 Å². The first-order valence-corrected chi connectivity index (χ1v) is 6.77. The van der Waals surface area contributed by atoms with E-state index in [9.17, 15) is 4.79 Å². The van der Waals surface area contributed by atoms with E-state index >= 15 is 0 Å². The van der Waals surface area contributed by atoms with Crippen LogP contribution in [0.4, 0.5) is 0 Å². The van der Waals surface area contributed by atoms with Crippen molar-refractivity contribution >= 4 is 16.9 Å². The number of carbonyl (C=O) groups is 1. The summed E-state index contributed by atoms with van der Waals surface area (Å²) in [4.78, 5) is 12.2. The van der Waals surface area contributed by atoms with Crippen molar-refractivity contribution in [1.82, 2.24) is 5.32 Å². The summed E-state index contributed by atoms with van der Waals surface area (Å²) in [6, 6.07) is 4.05. The third kappa shape index (κ3) is 2.70. The van der Waals surface area contributed by atoms with E-state index in [1.54, 1.807) is 0 Å². The number of carbonyl (C=O) groups excluding carboxylic acids is 1. The molecule has 2 rings (SSSR count). The van der Waals surface area contributed by atoms with Crippen LogP contribution in [0.5, 0.6) is 0 Å². The molecule has 3 N–H and O–H groups in total. The van der Waals surface area contributed by atoms with Gasteiger partial charge in [0.2, 0.25) is 0 Å². The fourth-order valence-electron chi connectivity index (χ4n) is 2.28. The number of hydrogen-bond donors (Lipinski definition) is 2. The molecule has 0 unspecified atom stereocenters. The van der Waals surface area contributed by atoms with E-state index < -0.39 is 5.54 Å². The minimum atomic E-state index is -0.443. The molecule has 0 aliphatic carbocycles. The summed E-state index contributed by atoms with van der Waals surface area (Å²) in [7, 11) is 0. The SMILES string of the molecule is Cc1ccc(C)c2c(C)c(C(=O)NCC(C)(C)N)oc12. The van der Waals surface area contributed by atoms with Crippen molar-refractivity contribution < 1.29 is 9.21 Å². The summed E-state index contributed by atoms with van der Waals surface area (Å²) in [5.74, 6) is 0.165. The second-order valence-corrected chi connectivity index (χ2v) is 6.13. The van der Waals surface area contributed by atoms with Gasteiger partial charge in [-0.2, -0.15) is 0 Å². The number of furan rings is 1. The summed E-state index contributed by atoms with van der Waals surface area (Å²) < 4.78 is 5.78. The van der Waals surface area contributed by atoms with Gasteiger partial charge in [-0.1, -0.05) is 12.1 Å². The smallest absolute Gasteiger partial charge is 0.287 e. The van der Waals surface area contributed by atoms with Crippen molar-refractivity contribution in [2.75, 3.05) is 6.54 Å². The maximum absolute atomic E-state index is 12.2. The Kier molecular flexibility index (Phi) is 3.61. The van der Waals surface area contributed by atoms with Gasteiger partial charge < -0.3 is 15.5 Å². The van der Waals surface area contributed by atoms with Gasteiger partial charge in [0.15, 0.2) is 5.76 Å². The average molecular weight is 274 g/mol. The molecular weight excluding hydrogens is 252 g/mol. The molecule has 0 fully saturated rings. The monoisotopic (exact) mass is 274 g/mol. The molecule has 108 valence electrons. The number of amides is 1. The second kappa shape index (κ2) is 4.94. The predicted octanol–water partition coefficient (Wildman–Crippen LogP) is 2.83. The minimum Gasteiger partial charge on any atom is -0.450 e. The van der Waals surface area contributed by atoms with E-state index in [2.05, 4.69) is 5.32 Å². The van der Waals surface area contributed by atoms with Crippen LogP contribution in [0.1, 0.15) is 41.1 Å². The lowest BCUT2D eigenvalue weighted by Gasteiger charge is -2.18. The maximum Gasteiger partial charge on any atom is 0.287 e. The average Bonchev–Trinajstić information content (AvgIpc) is 2.69. The molecule has 0 radical (unpaired) electrons. The molecule has 0 bridgehead atoms. The lowest BCUT2D eigenvalue weighted by molar-refractivity contribution is 0.0919. The van der Waals surface area contributed by atoms with Gasteiger partial charge in [-0.25, -0.2) is 0 Å². The van der Waals surface area contributed by atoms with Crippen molar-refractivity contribution in [3.05, 3.63) is 34.6 Å². The molecule has 0 aliphatic rings. The molecule has 20 heavy (non-hydrogen) atoms. The van der Waals surface area contributed by atoms with Crippen LogP contribution in [-0.4, -0.2) is 18.0 Å². The standard InChI is InChI=1S/C16H22N2O2/c1-9-6-7-10(2)13-12(9)11(3)14(20-13)15(19)18-8-16(4,5)17/h6-7H,8,17H2,1-5H3,(H,18,19). The zero-order valence-electron chi connectivity index (χ0n) is 12.8. The fourth-order valence-corrected chi connectivity index (χ4v) is 2.28. The Labute approximate surface area is 119 Å². The van der Waals surface area contributed by atoms with Crippen LogP contribution < -0.4 is 11.1 Å². The van der Waals surface area contributed by atoms with Gasteiger partial charge in [-0.05, 0) is 45.7 Å². The molecule has 0 atom stereocenters. The van der Waals surface area contributed by atoms with Gasteiger partial charge in [0.1, 0.15) is 5.58 Å². The van der Waals surface area contributed by atoms with E-state index in [-0.39, 0.29) is 5.91 Å². The topological polar surface area (TPSA) is 68.3 Å². The Bertz CT molecular complexity index is 663. The zero-order valence-corrected chi connectivity index (χ0v) is 12.8. The van der Waals surface area contributed by atoms with Crippen LogP contribution in [0.15, 0.2) is 16.5 Å². The summed E-state index contributed by atoms with van der Waals surface area (Å²) in [6.07, 6.45) is 0. The lowest BCUT2D eigenvalue weighted by Crippen LogP contribution is -2.45. The zero-order chi connectivity index (χ0) is 15.1. The molecule has 1 amide bonds. The number of benzene rings is 1. The number of hydrogen-bond acceptors (Lipinski definition) is 3. The summed E-state index contributed by atoms with van der Waals surface area (Å²) in [6.45, 7) is 10.1. The first-order valence-electron chi connectivity index (χ1n) is 6.77.